The second-order valence-corrected chi connectivity index (χ2v) is 7.60. The van der Waals surface area contributed by atoms with Crippen LogP contribution in [0.15, 0.2) is 53.5 Å². The molecule has 2 aromatic heterocycles. The lowest BCUT2D eigenvalue weighted by Gasteiger charge is -2.09. The third-order valence-electron chi connectivity index (χ3n) is 4.56. The Labute approximate surface area is 185 Å². The Morgan fingerprint density at radius 1 is 1.28 bits per heavy atom. The van der Waals surface area contributed by atoms with Crippen molar-refractivity contribution in [1.82, 2.24) is 14.5 Å². The van der Waals surface area contributed by atoms with E-state index in [0.717, 1.165) is 5.52 Å². The summed E-state index contributed by atoms with van der Waals surface area (Å²) in [4.78, 5) is 43.4. The van der Waals surface area contributed by atoms with Crippen LogP contribution in [0.25, 0.3) is 11.0 Å². The number of ether oxygens (including phenoxy) is 1. The number of allylic oxidation sites excluding steroid dienone is 1. The summed E-state index contributed by atoms with van der Waals surface area (Å²) in [6.07, 6.45) is 5.85. The van der Waals surface area contributed by atoms with E-state index in [9.17, 15) is 14.4 Å². The molecule has 0 aliphatic carbocycles. The number of imidazole rings is 1. The number of aromatic amines is 1. The monoisotopic (exact) mass is 437 g/mol. The molecular weight excluding hydrogens is 410 g/mol. The fraction of sp³-hybridized carbons (Fsp3) is 0.304. The van der Waals surface area contributed by atoms with Gasteiger partial charge in [-0.2, -0.15) is 0 Å². The van der Waals surface area contributed by atoms with Crippen LogP contribution in [0.3, 0.4) is 0 Å². The Balaban J connectivity index is 1.69. The number of benzene rings is 1. The van der Waals surface area contributed by atoms with E-state index >= 15 is 0 Å². The molecule has 32 heavy (non-hydrogen) atoms. The van der Waals surface area contributed by atoms with Gasteiger partial charge in [0.25, 0.3) is 5.56 Å². The van der Waals surface area contributed by atoms with Crippen LogP contribution in [0.1, 0.15) is 38.9 Å². The minimum Gasteiger partial charge on any atom is -0.489 e. The number of hydrogen-bond acceptors (Lipinski definition) is 5. The Hall–Kier alpha value is -3.88. The summed E-state index contributed by atoms with van der Waals surface area (Å²) in [6.45, 7) is 4.11. The fourth-order valence-electron chi connectivity index (χ4n) is 3.19. The van der Waals surface area contributed by atoms with Gasteiger partial charge in [0.05, 0.1) is 18.2 Å². The van der Waals surface area contributed by atoms with Crippen LogP contribution in [-0.4, -0.2) is 32.5 Å². The Morgan fingerprint density at radius 3 is 2.84 bits per heavy atom. The van der Waals surface area contributed by atoms with Crippen molar-refractivity contribution in [2.24, 2.45) is 5.73 Å². The van der Waals surface area contributed by atoms with Crippen LogP contribution in [0.4, 0.5) is 5.69 Å². The molecular formula is C23H27N5O4. The summed E-state index contributed by atoms with van der Waals surface area (Å²) in [5.41, 5.74) is 6.42. The molecule has 9 heteroatoms. The zero-order valence-electron chi connectivity index (χ0n) is 18.1. The van der Waals surface area contributed by atoms with Crippen LogP contribution >= 0.6 is 0 Å². The summed E-state index contributed by atoms with van der Waals surface area (Å²) in [6, 6.07) is 8.91. The first-order valence-electron chi connectivity index (χ1n) is 10.4. The van der Waals surface area contributed by atoms with Gasteiger partial charge < -0.3 is 25.3 Å². The number of aromatic nitrogens is 3. The first-order valence-corrected chi connectivity index (χ1v) is 10.4. The summed E-state index contributed by atoms with van der Waals surface area (Å²) in [5, 5.41) is 2.65. The highest BCUT2D eigenvalue weighted by atomic mass is 16.5. The van der Waals surface area contributed by atoms with Crippen molar-refractivity contribution in [3.63, 3.8) is 0 Å². The first-order chi connectivity index (χ1) is 15.3. The Bertz CT molecular complexity index is 1190. The highest BCUT2D eigenvalue weighted by Crippen LogP contribution is 2.24. The van der Waals surface area contributed by atoms with Gasteiger partial charge in [0.15, 0.2) is 0 Å². The zero-order valence-corrected chi connectivity index (χ0v) is 18.1. The lowest BCUT2D eigenvalue weighted by atomic mass is 10.2. The second-order valence-electron chi connectivity index (χ2n) is 7.60. The molecule has 0 spiro atoms. The molecule has 2 amide bonds. The van der Waals surface area contributed by atoms with Crippen LogP contribution in [0.2, 0.25) is 0 Å². The molecule has 0 saturated carbocycles. The number of carbonyl (C=O) groups excluding carboxylic acids is 2. The van der Waals surface area contributed by atoms with E-state index < -0.39 is 5.91 Å². The number of H-pyrrole nitrogens is 1. The van der Waals surface area contributed by atoms with Gasteiger partial charge in [-0.15, -0.1) is 0 Å². The lowest BCUT2D eigenvalue weighted by molar-refractivity contribution is -0.116. The van der Waals surface area contributed by atoms with Crippen molar-refractivity contribution in [3.8, 4) is 5.75 Å². The number of unbranched alkanes of at least 4 members (excludes halogenated alkanes) is 1. The maximum absolute atomic E-state index is 12.8. The van der Waals surface area contributed by atoms with Gasteiger partial charge in [-0.25, -0.2) is 4.98 Å². The number of nitrogens with two attached hydrogens (primary N) is 1. The molecule has 4 N–H and O–H groups in total. The average Bonchev–Trinajstić information content (AvgIpc) is 3.14. The summed E-state index contributed by atoms with van der Waals surface area (Å²) < 4.78 is 7.29. The van der Waals surface area contributed by atoms with Crippen molar-refractivity contribution < 1.29 is 14.3 Å². The second kappa shape index (κ2) is 10.4. The molecule has 0 bridgehead atoms. The molecule has 2 heterocycles. The topological polar surface area (TPSA) is 132 Å². The summed E-state index contributed by atoms with van der Waals surface area (Å²) >= 11 is 0. The van der Waals surface area contributed by atoms with Crippen LogP contribution < -0.4 is 21.3 Å². The van der Waals surface area contributed by atoms with E-state index in [2.05, 4.69) is 15.3 Å². The highest BCUT2D eigenvalue weighted by Gasteiger charge is 2.12. The summed E-state index contributed by atoms with van der Waals surface area (Å²) in [5.74, 6) is 0.490. The van der Waals surface area contributed by atoms with E-state index in [0.29, 0.717) is 29.9 Å². The van der Waals surface area contributed by atoms with Gasteiger partial charge >= 0.3 is 0 Å². The number of pyridine rings is 1. The average molecular weight is 438 g/mol. The van der Waals surface area contributed by atoms with E-state index in [4.69, 9.17) is 10.5 Å². The molecule has 168 valence electrons. The van der Waals surface area contributed by atoms with Gasteiger partial charge in [0.1, 0.15) is 22.8 Å². The van der Waals surface area contributed by atoms with E-state index in [1.165, 1.54) is 10.6 Å². The molecule has 9 nitrogen and oxygen atoms in total. The molecule has 0 aliphatic heterocycles. The normalized spacial score (nSPS) is 11.3. The fourth-order valence-corrected chi connectivity index (χ4v) is 3.19. The van der Waals surface area contributed by atoms with E-state index in [1.807, 2.05) is 32.0 Å². The van der Waals surface area contributed by atoms with Crippen molar-refractivity contribution in [2.45, 2.75) is 45.8 Å². The standard InChI is InChI=1S/C23H27N5O4/c1-15(2)32-18-10-6-8-16-22(18)27-20(25-16)14-28-13-7-9-17(23(28)31)26-21(30)12-5-3-4-11-19(24)29/h4,6-11,13,15H,3,5,12,14H2,1-2H3,(H2,24,29)(H,25,27)(H,26,30)/b11-4+. The number of hydrogen-bond donors (Lipinski definition) is 3. The predicted octanol–water partition coefficient (Wildman–Crippen LogP) is 2.71. The molecule has 3 rings (SSSR count). The van der Waals surface area contributed by atoms with Gasteiger partial charge in [0, 0.05) is 12.6 Å². The van der Waals surface area contributed by atoms with Crippen molar-refractivity contribution in [3.05, 3.63) is 64.9 Å². The number of rotatable bonds is 10. The third-order valence-corrected chi connectivity index (χ3v) is 4.56. The quantitative estimate of drug-likeness (QED) is 0.331. The number of para-hydroxylation sites is 1. The first kappa shape index (κ1) is 22.8. The smallest absolute Gasteiger partial charge is 0.274 e. The van der Waals surface area contributed by atoms with E-state index in [-0.39, 0.29) is 36.2 Å². The number of nitrogens with one attached hydrogen (secondary N) is 2. The highest BCUT2D eigenvalue weighted by molar-refractivity contribution is 5.90. The van der Waals surface area contributed by atoms with Crippen LogP contribution in [0, 0.1) is 0 Å². The molecule has 1 aromatic carbocycles. The largest absolute Gasteiger partial charge is 0.489 e. The Kier molecular flexibility index (Phi) is 7.43. The lowest BCUT2D eigenvalue weighted by Crippen LogP contribution is -2.26. The SMILES string of the molecule is CC(C)Oc1cccc2[nH]c(Cn3cccc(NC(=O)CCC/C=C/C(N)=O)c3=O)nc12. The van der Waals surface area contributed by atoms with Crippen LogP contribution in [0.5, 0.6) is 5.75 Å². The maximum Gasteiger partial charge on any atom is 0.274 e. The minimum atomic E-state index is -0.521. The number of anilines is 1. The zero-order chi connectivity index (χ0) is 23.1. The predicted molar refractivity (Wildman–Crippen MR) is 122 cm³/mol. The molecule has 0 radical (unpaired) electrons. The Morgan fingerprint density at radius 2 is 2.09 bits per heavy atom. The number of carbonyl (C=O) groups is 2. The minimum absolute atomic E-state index is 0.0165. The molecule has 0 unspecified atom stereocenters. The van der Waals surface area contributed by atoms with Crippen molar-refractivity contribution in [1.29, 1.82) is 0 Å². The van der Waals surface area contributed by atoms with Gasteiger partial charge in [-0.3, -0.25) is 14.4 Å². The molecule has 0 aliphatic rings. The molecule has 0 atom stereocenters. The number of primary amides is 1. The van der Waals surface area contributed by atoms with Crippen LogP contribution in [-0.2, 0) is 16.1 Å². The van der Waals surface area contributed by atoms with Gasteiger partial charge in [-0.05, 0) is 57.0 Å². The van der Waals surface area contributed by atoms with Crippen molar-refractivity contribution in [2.75, 3.05) is 5.32 Å². The van der Waals surface area contributed by atoms with Gasteiger partial charge in [-0.1, -0.05) is 12.1 Å². The number of fused-ring (bicyclic) bond motifs is 1. The molecule has 0 fully saturated rings. The number of amides is 2. The third kappa shape index (κ3) is 6.07. The van der Waals surface area contributed by atoms with E-state index in [1.54, 1.807) is 24.4 Å². The molecule has 0 saturated heterocycles. The number of nitrogens with zero attached hydrogens (tertiary/aromatic N) is 2. The van der Waals surface area contributed by atoms with Crippen molar-refractivity contribution >= 4 is 28.5 Å². The molecule has 3 aromatic rings. The van der Waals surface area contributed by atoms with Gasteiger partial charge in [0.2, 0.25) is 11.8 Å². The maximum atomic E-state index is 12.8. The summed E-state index contributed by atoms with van der Waals surface area (Å²) in [7, 11) is 0.